The summed E-state index contributed by atoms with van der Waals surface area (Å²) in [5.41, 5.74) is 1.82. The zero-order valence-corrected chi connectivity index (χ0v) is 19.5. The molecule has 1 fully saturated rings. The predicted octanol–water partition coefficient (Wildman–Crippen LogP) is 4.80. The number of amides is 1. The molecule has 9 heteroatoms. The first kappa shape index (κ1) is 23.0. The molecule has 0 N–H and O–H groups in total. The molecule has 1 unspecified atom stereocenters. The monoisotopic (exact) mass is 472 g/mol. The van der Waals surface area contributed by atoms with Gasteiger partial charge in [-0.3, -0.25) is 9.69 Å². The average molecular weight is 473 g/mol. The second-order valence-electron chi connectivity index (χ2n) is 7.49. The maximum Gasteiger partial charge on any atom is 0.260 e. The number of aromatic nitrogens is 1. The summed E-state index contributed by atoms with van der Waals surface area (Å²) < 4.78 is 35.3. The molecule has 2 aromatic carbocycles. The van der Waals surface area contributed by atoms with Crippen LogP contribution in [-0.2, 0) is 4.74 Å². The largest absolute Gasteiger partial charge is 0.493 e. The highest BCUT2D eigenvalue weighted by atomic mass is 32.1. The summed E-state index contributed by atoms with van der Waals surface area (Å²) in [6.07, 6.45) is 1.75. The second kappa shape index (κ2) is 10.2. The number of halogens is 1. The lowest BCUT2D eigenvalue weighted by atomic mass is 10.1. The lowest BCUT2D eigenvalue weighted by Crippen LogP contribution is -2.37. The number of hydrogen-bond acceptors (Lipinski definition) is 7. The van der Waals surface area contributed by atoms with E-state index >= 15 is 0 Å². The first-order valence-corrected chi connectivity index (χ1v) is 11.4. The van der Waals surface area contributed by atoms with Gasteiger partial charge in [0.2, 0.25) is 5.75 Å². The summed E-state index contributed by atoms with van der Waals surface area (Å²) in [4.78, 5) is 20.0. The lowest BCUT2D eigenvalue weighted by Gasteiger charge is -2.24. The molecule has 0 saturated carbocycles. The number of methoxy groups -OCH3 is 3. The van der Waals surface area contributed by atoms with E-state index in [0.717, 1.165) is 18.4 Å². The van der Waals surface area contributed by atoms with Crippen molar-refractivity contribution in [3.8, 4) is 28.5 Å². The average Bonchev–Trinajstić information content (AvgIpc) is 3.54. The van der Waals surface area contributed by atoms with Crippen LogP contribution in [0.2, 0.25) is 0 Å². The Labute approximate surface area is 195 Å². The molecule has 0 spiro atoms. The molecule has 0 aliphatic carbocycles. The fourth-order valence-electron chi connectivity index (χ4n) is 3.74. The van der Waals surface area contributed by atoms with Gasteiger partial charge in [-0.05, 0) is 49.2 Å². The topological polar surface area (TPSA) is 70.1 Å². The molecule has 7 nitrogen and oxygen atoms in total. The highest BCUT2D eigenvalue weighted by Gasteiger charge is 2.28. The van der Waals surface area contributed by atoms with Gasteiger partial charge in [0.1, 0.15) is 5.82 Å². The van der Waals surface area contributed by atoms with Gasteiger partial charge in [0.15, 0.2) is 16.6 Å². The number of carbonyl (C=O) groups excluding carboxylic acids is 1. The Morgan fingerprint density at radius 3 is 2.42 bits per heavy atom. The molecule has 1 aliphatic heterocycles. The smallest absolute Gasteiger partial charge is 0.260 e. The van der Waals surface area contributed by atoms with E-state index in [2.05, 4.69) is 4.98 Å². The standard InChI is InChI=1S/C24H25FN2O5S/c1-29-20-11-16(12-21(30-2)22(20)31-3)23(28)27(13-18-5-4-10-32-18)24-26-19(14-33-24)15-6-8-17(25)9-7-15/h6-9,11-12,14,18H,4-5,10,13H2,1-3H3. The van der Waals surface area contributed by atoms with Gasteiger partial charge in [0.05, 0.1) is 39.7 Å². The van der Waals surface area contributed by atoms with Gasteiger partial charge in [-0.25, -0.2) is 9.37 Å². The summed E-state index contributed by atoms with van der Waals surface area (Å²) in [6.45, 7) is 1.04. The number of carbonyl (C=O) groups is 1. The number of benzene rings is 2. The summed E-state index contributed by atoms with van der Waals surface area (Å²) in [5, 5.41) is 2.39. The van der Waals surface area contributed by atoms with Gasteiger partial charge in [-0.1, -0.05) is 0 Å². The van der Waals surface area contributed by atoms with E-state index in [9.17, 15) is 9.18 Å². The molecular formula is C24H25FN2O5S. The molecule has 1 atom stereocenters. The minimum absolute atomic E-state index is 0.0749. The summed E-state index contributed by atoms with van der Waals surface area (Å²) in [6, 6.07) is 9.36. The third kappa shape index (κ3) is 4.94. The normalized spacial score (nSPS) is 15.3. The maximum absolute atomic E-state index is 13.7. The van der Waals surface area contributed by atoms with Crippen LogP contribution in [0.3, 0.4) is 0 Å². The van der Waals surface area contributed by atoms with Crippen molar-refractivity contribution in [2.24, 2.45) is 0 Å². The zero-order chi connectivity index (χ0) is 23.4. The molecular weight excluding hydrogens is 447 g/mol. The van der Waals surface area contributed by atoms with Crippen LogP contribution < -0.4 is 19.1 Å². The van der Waals surface area contributed by atoms with Crippen molar-refractivity contribution >= 4 is 22.4 Å². The number of thiazole rings is 1. The Kier molecular flexibility index (Phi) is 7.10. The number of anilines is 1. The van der Waals surface area contributed by atoms with Gasteiger partial charge >= 0.3 is 0 Å². The van der Waals surface area contributed by atoms with Gasteiger partial charge < -0.3 is 18.9 Å². The number of rotatable bonds is 8. The molecule has 0 bridgehead atoms. The number of hydrogen-bond donors (Lipinski definition) is 0. The van der Waals surface area contributed by atoms with Gasteiger partial charge in [-0.2, -0.15) is 0 Å². The highest BCUT2D eigenvalue weighted by molar-refractivity contribution is 7.14. The quantitative estimate of drug-likeness (QED) is 0.469. The van der Waals surface area contributed by atoms with E-state index in [4.69, 9.17) is 18.9 Å². The maximum atomic E-state index is 13.7. The molecule has 1 saturated heterocycles. The van der Waals surface area contributed by atoms with E-state index in [1.165, 1.54) is 44.8 Å². The first-order chi connectivity index (χ1) is 16.0. The minimum Gasteiger partial charge on any atom is -0.493 e. The van der Waals surface area contributed by atoms with Crippen LogP contribution in [0.25, 0.3) is 11.3 Å². The molecule has 2 heterocycles. The molecule has 1 amide bonds. The number of ether oxygens (including phenoxy) is 4. The molecule has 1 aliphatic rings. The van der Waals surface area contributed by atoms with E-state index in [0.29, 0.717) is 46.8 Å². The van der Waals surface area contributed by atoms with Gasteiger partial charge in [0, 0.05) is 23.1 Å². The first-order valence-electron chi connectivity index (χ1n) is 10.5. The molecule has 33 heavy (non-hydrogen) atoms. The molecule has 0 radical (unpaired) electrons. The number of nitrogens with zero attached hydrogens (tertiary/aromatic N) is 2. The third-order valence-electron chi connectivity index (χ3n) is 5.43. The Hall–Kier alpha value is -3.17. The van der Waals surface area contributed by atoms with Crippen LogP contribution in [0.4, 0.5) is 9.52 Å². The van der Waals surface area contributed by atoms with Crippen molar-refractivity contribution in [3.05, 3.63) is 53.2 Å². The summed E-state index contributed by atoms with van der Waals surface area (Å²) in [5.74, 6) is 0.624. The molecule has 4 rings (SSSR count). The fourth-order valence-corrected chi connectivity index (χ4v) is 4.58. The van der Waals surface area contributed by atoms with Crippen molar-refractivity contribution in [2.75, 3.05) is 39.4 Å². The van der Waals surface area contributed by atoms with E-state index in [1.54, 1.807) is 29.2 Å². The van der Waals surface area contributed by atoms with Gasteiger partial charge in [-0.15, -0.1) is 11.3 Å². The highest BCUT2D eigenvalue weighted by Crippen LogP contribution is 2.39. The third-order valence-corrected chi connectivity index (χ3v) is 6.29. The van der Waals surface area contributed by atoms with Crippen LogP contribution in [0, 0.1) is 5.82 Å². The van der Waals surface area contributed by atoms with Crippen molar-refractivity contribution in [1.29, 1.82) is 0 Å². The SMILES string of the molecule is COc1cc(C(=O)N(CC2CCCO2)c2nc(-c3ccc(F)cc3)cs2)cc(OC)c1OC. The predicted molar refractivity (Wildman–Crippen MR) is 124 cm³/mol. The van der Waals surface area contributed by atoms with Crippen LogP contribution in [0.5, 0.6) is 17.2 Å². The Bertz CT molecular complexity index is 1090. The summed E-state index contributed by atoms with van der Waals surface area (Å²) in [7, 11) is 4.52. The van der Waals surface area contributed by atoms with Crippen molar-refractivity contribution in [3.63, 3.8) is 0 Å². The van der Waals surface area contributed by atoms with E-state index < -0.39 is 0 Å². The minimum atomic E-state index is -0.313. The fraction of sp³-hybridized carbons (Fsp3) is 0.333. The van der Waals surface area contributed by atoms with Gasteiger partial charge in [0.25, 0.3) is 5.91 Å². The van der Waals surface area contributed by atoms with Crippen molar-refractivity contribution in [2.45, 2.75) is 18.9 Å². The molecule has 1 aromatic heterocycles. The van der Waals surface area contributed by atoms with Crippen molar-refractivity contribution < 1.29 is 28.1 Å². The van der Waals surface area contributed by atoms with Crippen LogP contribution in [0.1, 0.15) is 23.2 Å². The van der Waals surface area contributed by atoms with Crippen LogP contribution in [-0.4, -0.2) is 51.5 Å². The second-order valence-corrected chi connectivity index (χ2v) is 8.32. The Morgan fingerprint density at radius 2 is 1.85 bits per heavy atom. The molecule has 3 aromatic rings. The molecule has 174 valence electrons. The lowest BCUT2D eigenvalue weighted by molar-refractivity contribution is 0.0916. The zero-order valence-electron chi connectivity index (χ0n) is 18.7. The van der Waals surface area contributed by atoms with Crippen LogP contribution in [0.15, 0.2) is 41.8 Å². The van der Waals surface area contributed by atoms with Crippen LogP contribution >= 0.6 is 11.3 Å². The Morgan fingerprint density at radius 1 is 1.15 bits per heavy atom. The van der Waals surface area contributed by atoms with E-state index in [-0.39, 0.29) is 17.8 Å². The van der Waals surface area contributed by atoms with Crippen molar-refractivity contribution in [1.82, 2.24) is 4.98 Å². The summed E-state index contributed by atoms with van der Waals surface area (Å²) >= 11 is 1.35. The van der Waals surface area contributed by atoms with E-state index in [1.807, 2.05) is 5.38 Å². The Balaban J connectivity index is 1.70.